The summed E-state index contributed by atoms with van der Waals surface area (Å²) in [5, 5.41) is 2.80. The van der Waals surface area contributed by atoms with E-state index in [-0.39, 0.29) is 29.0 Å². The van der Waals surface area contributed by atoms with E-state index in [1.165, 1.54) is 28.6 Å². The second-order valence-electron chi connectivity index (χ2n) is 6.38. The van der Waals surface area contributed by atoms with Crippen LogP contribution in [0.1, 0.15) is 44.0 Å². The number of benzene rings is 1. The summed E-state index contributed by atoms with van der Waals surface area (Å²) in [7, 11) is -3.57. The molecule has 0 bridgehead atoms. The van der Waals surface area contributed by atoms with Gasteiger partial charge in [-0.3, -0.25) is 4.79 Å². The van der Waals surface area contributed by atoms with Crippen LogP contribution in [0.3, 0.4) is 0 Å². The molecule has 8 heteroatoms. The Kier molecular flexibility index (Phi) is 6.77. The molecular weight excluding hydrogens is 356 g/mol. The van der Waals surface area contributed by atoms with Crippen molar-refractivity contribution in [2.75, 3.05) is 19.7 Å². The molecule has 0 unspecified atom stereocenters. The van der Waals surface area contributed by atoms with E-state index in [9.17, 15) is 18.0 Å². The largest absolute Gasteiger partial charge is 0.452 e. The maximum atomic E-state index is 12.4. The minimum atomic E-state index is -3.57. The van der Waals surface area contributed by atoms with Crippen molar-refractivity contribution in [3.8, 4) is 0 Å². The van der Waals surface area contributed by atoms with Crippen molar-refractivity contribution >= 4 is 21.9 Å². The van der Waals surface area contributed by atoms with Crippen LogP contribution < -0.4 is 5.32 Å². The zero-order chi connectivity index (χ0) is 19.3. The Morgan fingerprint density at radius 1 is 1.19 bits per heavy atom. The van der Waals surface area contributed by atoms with Crippen LogP contribution in [0.4, 0.5) is 0 Å². The zero-order valence-corrected chi connectivity index (χ0v) is 16.2. The molecule has 0 saturated heterocycles. The number of ether oxygens (including phenoxy) is 1. The van der Waals surface area contributed by atoms with Crippen LogP contribution >= 0.6 is 0 Å². The Labute approximate surface area is 154 Å². The maximum Gasteiger partial charge on any atom is 0.338 e. The van der Waals surface area contributed by atoms with E-state index < -0.39 is 16.0 Å². The molecule has 1 atom stereocenters. The molecule has 1 aliphatic rings. The van der Waals surface area contributed by atoms with Gasteiger partial charge in [0, 0.05) is 19.1 Å². The van der Waals surface area contributed by atoms with E-state index in [0.717, 1.165) is 12.8 Å². The Morgan fingerprint density at radius 2 is 1.77 bits per heavy atom. The quantitative estimate of drug-likeness (QED) is 0.657. The molecule has 144 valence electrons. The molecule has 1 saturated carbocycles. The molecule has 1 fully saturated rings. The van der Waals surface area contributed by atoms with E-state index in [2.05, 4.69) is 5.32 Å². The number of nitrogens with zero attached hydrogens (tertiary/aromatic N) is 1. The molecule has 7 nitrogen and oxygen atoms in total. The molecule has 1 N–H and O–H groups in total. The maximum absolute atomic E-state index is 12.4. The van der Waals surface area contributed by atoms with Crippen LogP contribution in [-0.4, -0.2) is 50.3 Å². The van der Waals surface area contributed by atoms with Crippen molar-refractivity contribution in [3.05, 3.63) is 29.8 Å². The lowest BCUT2D eigenvalue weighted by atomic mass is 10.2. The predicted molar refractivity (Wildman–Crippen MR) is 97.2 cm³/mol. The topological polar surface area (TPSA) is 92.8 Å². The van der Waals surface area contributed by atoms with Gasteiger partial charge in [-0.15, -0.1) is 0 Å². The molecule has 2 rings (SSSR count). The van der Waals surface area contributed by atoms with Crippen molar-refractivity contribution < 1.29 is 22.7 Å². The predicted octanol–water partition coefficient (Wildman–Crippen LogP) is 1.79. The highest BCUT2D eigenvalue weighted by Crippen LogP contribution is 2.32. The van der Waals surface area contributed by atoms with E-state index in [1.807, 2.05) is 6.92 Å². The Bertz CT molecular complexity index is 737. The van der Waals surface area contributed by atoms with Gasteiger partial charge in [-0.25, -0.2) is 13.2 Å². The summed E-state index contributed by atoms with van der Waals surface area (Å²) < 4.78 is 31.2. The third-order valence-electron chi connectivity index (χ3n) is 4.49. The Morgan fingerprint density at radius 3 is 2.27 bits per heavy atom. The molecule has 1 aliphatic carbocycles. The highest BCUT2D eigenvalue weighted by atomic mass is 32.2. The minimum Gasteiger partial charge on any atom is -0.452 e. The van der Waals surface area contributed by atoms with Crippen LogP contribution in [0.15, 0.2) is 29.2 Å². The van der Waals surface area contributed by atoms with Crippen LogP contribution in [-0.2, 0) is 19.6 Å². The smallest absolute Gasteiger partial charge is 0.338 e. The lowest BCUT2D eigenvalue weighted by Gasteiger charge is -2.18. The second kappa shape index (κ2) is 8.64. The molecule has 0 aromatic heterocycles. The summed E-state index contributed by atoms with van der Waals surface area (Å²) in [5.74, 6) is -0.473. The van der Waals surface area contributed by atoms with Crippen LogP contribution in [0.2, 0.25) is 0 Å². The average Bonchev–Trinajstić information content (AvgIpc) is 3.45. The third-order valence-corrected chi connectivity index (χ3v) is 6.55. The van der Waals surface area contributed by atoms with Crippen molar-refractivity contribution in [1.82, 2.24) is 9.62 Å². The third kappa shape index (κ3) is 5.04. The van der Waals surface area contributed by atoms with Crippen molar-refractivity contribution in [2.45, 2.75) is 44.6 Å². The fourth-order valence-corrected chi connectivity index (χ4v) is 4.16. The lowest BCUT2D eigenvalue weighted by Crippen LogP contribution is -2.37. The van der Waals surface area contributed by atoms with Gasteiger partial charge in [0.1, 0.15) is 0 Å². The summed E-state index contributed by atoms with van der Waals surface area (Å²) in [6.45, 7) is 5.86. The van der Waals surface area contributed by atoms with Gasteiger partial charge >= 0.3 is 5.97 Å². The molecule has 1 aromatic carbocycles. The van der Waals surface area contributed by atoms with E-state index in [0.29, 0.717) is 19.0 Å². The van der Waals surface area contributed by atoms with Gasteiger partial charge in [0.05, 0.1) is 10.5 Å². The van der Waals surface area contributed by atoms with Gasteiger partial charge in [0.25, 0.3) is 5.91 Å². The lowest BCUT2D eigenvalue weighted by molar-refractivity contribution is -0.124. The Balaban J connectivity index is 1.92. The van der Waals surface area contributed by atoms with Gasteiger partial charge in [0.2, 0.25) is 10.0 Å². The monoisotopic (exact) mass is 382 g/mol. The first-order valence-electron chi connectivity index (χ1n) is 8.86. The number of carbonyl (C=O) groups is 2. The molecule has 1 aromatic rings. The molecule has 26 heavy (non-hydrogen) atoms. The van der Waals surface area contributed by atoms with E-state index in [4.69, 9.17) is 4.74 Å². The van der Waals surface area contributed by atoms with Gasteiger partial charge in [-0.1, -0.05) is 13.8 Å². The summed E-state index contributed by atoms with van der Waals surface area (Å²) >= 11 is 0. The fraction of sp³-hybridized carbons (Fsp3) is 0.556. The summed E-state index contributed by atoms with van der Waals surface area (Å²) in [5.41, 5.74) is 0.200. The molecule has 0 radical (unpaired) electrons. The first-order chi connectivity index (χ1) is 12.3. The van der Waals surface area contributed by atoms with Gasteiger partial charge in [-0.05, 0) is 49.9 Å². The van der Waals surface area contributed by atoms with Crippen LogP contribution in [0.25, 0.3) is 0 Å². The molecule has 0 heterocycles. The number of nitrogens with one attached hydrogen (secondary N) is 1. The molecule has 0 spiro atoms. The average molecular weight is 382 g/mol. The first-order valence-corrected chi connectivity index (χ1v) is 10.3. The minimum absolute atomic E-state index is 0.0887. The fourth-order valence-electron chi connectivity index (χ4n) is 2.70. The highest BCUT2D eigenvalue weighted by molar-refractivity contribution is 7.89. The van der Waals surface area contributed by atoms with Gasteiger partial charge in [0.15, 0.2) is 6.61 Å². The molecular formula is C18H26N2O5S. The van der Waals surface area contributed by atoms with E-state index >= 15 is 0 Å². The summed E-state index contributed by atoms with van der Waals surface area (Å²) in [6, 6.07) is 5.62. The second-order valence-corrected chi connectivity index (χ2v) is 8.32. The standard InChI is InChI=1S/C18H26N2O5S/c1-4-20(5-2)26(23,24)16-10-8-15(9-11-16)18(22)25-12-17(21)19-13(3)14-6-7-14/h8-11,13-14H,4-7,12H2,1-3H3,(H,19,21)/t13-/m0/s1. The first kappa shape index (κ1) is 20.4. The molecule has 0 aliphatic heterocycles. The summed E-state index contributed by atoms with van der Waals surface area (Å²) in [4.78, 5) is 23.9. The number of hydrogen-bond acceptors (Lipinski definition) is 5. The number of sulfonamides is 1. The summed E-state index contributed by atoms with van der Waals surface area (Å²) in [6.07, 6.45) is 2.23. The van der Waals surface area contributed by atoms with Crippen molar-refractivity contribution in [3.63, 3.8) is 0 Å². The van der Waals surface area contributed by atoms with Crippen LogP contribution in [0, 0.1) is 5.92 Å². The number of carbonyl (C=O) groups excluding carboxylic acids is 2. The van der Waals surface area contributed by atoms with Crippen molar-refractivity contribution in [2.24, 2.45) is 5.92 Å². The Hall–Kier alpha value is -1.93. The van der Waals surface area contributed by atoms with Crippen LogP contribution in [0.5, 0.6) is 0 Å². The number of rotatable bonds is 9. The van der Waals surface area contributed by atoms with Crippen molar-refractivity contribution in [1.29, 1.82) is 0 Å². The SMILES string of the molecule is CCN(CC)S(=O)(=O)c1ccc(C(=O)OCC(=O)N[C@@H](C)C2CC2)cc1. The zero-order valence-electron chi connectivity index (χ0n) is 15.4. The number of esters is 1. The number of hydrogen-bond donors (Lipinski definition) is 1. The number of amides is 1. The normalized spacial score (nSPS) is 15.5. The molecule has 1 amide bonds. The van der Waals surface area contributed by atoms with Gasteiger partial charge in [-0.2, -0.15) is 4.31 Å². The van der Waals surface area contributed by atoms with Gasteiger partial charge < -0.3 is 10.1 Å². The highest BCUT2D eigenvalue weighted by Gasteiger charge is 2.29. The van der Waals surface area contributed by atoms with E-state index in [1.54, 1.807) is 13.8 Å².